The van der Waals surface area contributed by atoms with Crippen molar-refractivity contribution in [1.29, 1.82) is 0 Å². The van der Waals surface area contributed by atoms with Gasteiger partial charge in [0.2, 0.25) is 0 Å². The normalized spacial score (nSPS) is 26.0. The molecular formula is C16H30N2O2. The lowest BCUT2D eigenvalue weighted by molar-refractivity contribution is 0.0286. The van der Waals surface area contributed by atoms with Crippen molar-refractivity contribution >= 4 is 6.09 Å². The van der Waals surface area contributed by atoms with Gasteiger partial charge in [-0.1, -0.05) is 25.7 Å². The molecule has 0 aromatic heterocycles. The summed E-state index contributed by atoms with van der Waals surface area (Å²) in [7, 11) is 0. The van der Waals surface area contributed by atoms with Gasteiger partial charge in [-0.15, -0.1) is 0 Å². The summed E-state index contributed by atoms with van der Waals surface area (Å²) in [4.78, 5) is 13.9. The number of ether oxygens (including phenoxy) is 1. The zero-order valence-electron chi connectivity index (χ0n) is 13.2. The van der Waals surface area contributed by atoms with Crippen LogP contribution < -0.4 is 5.73 Å². The predicted octanol–water partition coefficient (Wildman–Crippen LogP) is 3.15. The Hall–Kier alpha value is -0.770. The first-order valence-electron chi connectivity index (χ1n) is 8.08. The van der Waals surface area contributed by atoms with Crippen molar-refractivity contribution in [3.8, 4) is 0 Å². The van der Waals surface area contributed by atoms with Gasteiger partial charge in [0.1, 0.15) is 5.60 Å². The van der Waals surface area contributed by atoms with Crippen molar-refractivity contribution in [2.24, 2.45) is 17.6 Å². The zero-order valence-corrected chi connectivity index (χ0v) is 13.2. The summed E-state index contributed by atoms with van der Waals surface area (Å²) in [5.74, 6) is 1.27. The highest BCUT2D eigenvalue weighted by molar-refractivity contribution is 5.68. The molecule has 116 valence electrons. The SMILES string of the molecule is CC(C)(C)OC(=O)N1CCC(C(N)CC2CCCC2)C1. The molecule has 2 unspecified atom stereocenters. The summed E-state index contributed by atoms with van der Waals surface area (Å²) in [6.45, 7) is 7.28. The van der Waals surface area contributed by atoms with E-state index in [1.807, 2.05) is 25.7 Å². The second kappa shape index (κ2) is 6.33. The van der Waals surface area contributed by atoms with Crippen LogP contribution in [-0.2, 0) is 4.74 Å². The molecule has 1 aliphatic carbocycles. The van der Waals surface area contributed by atoms with Crippen LogP contribution in [0.15, 0.2) is 0 Å². The number of amides is 1. The molecule has 1 saturated heterocycles. The quantitative estimate of drug-likeness (QED) is 0.865. The van der Waals surface area contributed by atoms with Crippen LogP contribution in [-0.4, -0.2) is 35.7 Å². The lowest BCUT2D eigenvalue weighted by Gasteiger charge is -2.25. The number of hydrogen-bond acceptors (Lipinski definition) is 3. The third kappa shape index (κ3) is 4.37. The van der Waals surface area contributed by atoms with E-state index in [1.54, 1.807) is 0 Å². The second-order valence-corrected chi connectivity index (χ2v) is 7.53. The van der Waals surface area contributed by atoms with Crippen LogP contribution in [0.4, 0.5) is 4.79 Å². The van der Waals surface area contributed by atoms with E-state index in [9.17, 15) is 4.79 Å². The Morgan fingerprint density at radius 3 is 2.55 bits per heavy atom. The smallest absolute Gasteiger partial charge is 0.410 e. The Bertz CT molecular complexity index is 332. The Morgan fingerprint density at radius 2 is 1.95 bits per heavy atom. The van der Waals surface area contributed by atoms with E-state index in [2.05, 4.69) is 0 Å². The summed E-state index contributed by atoms with van der Waals surface area (Å²) >= 11 is 0. The number of hydrogen-bond donors (Lipinski definition) is 1. The Labute approximate surface area is 123 Å². The van der Waals surface area contributed by atoms with Gasteiger partial charge in [0.05, 0.1) is 0 Å². The van der Waals surface area contributed by atoms with Gasteiger partial charge in [-0.2, -0.15) is 0 Å². The molecule has 0 spiro atoms. The molecule has 0 bridgehead atoms. The van der Waals surface area contributed by atoms with Crippen molar-refractivity contribution in [2.75, 3.05) is 13.1 Å². The summed E-state index contributed by atoms with van der Waals surface area (Å²) in [5, 5.41) is 0. The minimum Gasteiger partial charge on any atom is -0.444 e. The van der Waals surface area contributed by atoms with E-state index in [-0.39, 0.29) is 12.1 Å². The number of likely N-dealkylation sites (tertiary alicyclic amines) is 1. The van der Waals surface area contributed by atoms with Crippen molar-refractivity contribution in [3.63, 3.8) is 0 Å². The fraction of sp³-hybridized carbons (Fsp3) is 0.938. The van der Waals surface area contributed by atoms with Crippen molar-refractivity contribution in [1.82, 2.24) is 4.90 Å². The lowest BCUT2D eigenvalue weighted by Crippen LogP contribution is -2.38. The molecule has 1 heterocycles. The highest BCUT2D eigenvalue weighted by Gasteiger charge is 2.33. The van der Waals surface area contributed by atoms with Gasteiger partial charge in [-0.3, -0.25) is 0 Å². The monoisotopic (exact) mass is 282 g/mol. The topological polar surface area (TPSA) is 55.6 Å². The van der Waals surface area contributed by atoms with E-state index < -0.39 is 5.60 Å². The maximum absolute atomic E-state index is 12.0. The van der Waals surface area contributed by atoms with Crippen LogP contribution in [0.2, 0.25) is 0 Å². The molecule has 20 heavy (non-hydrogen) atoms. The number of nitrogens with two attached hydrogens (primary N) is 1. The predicted molar refractivity (Wildman–Crippen MR) is 80.5 cm³/mol. The molecule has 2 N–H and O–H groups in total. The average Bonchev–Trinajstić information content (AvgIpc) is 2.96. The second-order valence-electron chi connectivity index (χ2n) is 7.53. The average molecular weight is 282 g/mol. The Morgan fingerprint density at radius 1 is 1.30 bits per heavy atom. The first kappa shape index (κ1) is 15.6. The first-order chi connectivity index (χ1) is 9.35. The minimum absolute atomic E-state index is 0.187. The van der Waals surface area contributed by atoms with Crippen LogP contribution in [0.1, 0.15) is 59.3 Å². The number of carbonyl (C=O) groups excluding carboxylic acids is 1. The minimum atomic E-state index is -0.416. The fourth-order valence-corrected chi connectivity index (χ4v) is 3.45. The van der Waals surface area contributed by atoms with Crippen molar-refractivity contribution in [2.45, 2.75) is 70.9 Å². The van der Waals surface area contributed by atoms with Crippen molar-refractivity contribution < 1.29 is 9.53 Å². The van der Waals surface area contributed by atoms with Gasteiger partial charge >= 0.3 is 6.09 Å². The molecule has 0 radical (unpaired) electrons. The van der Waals surface area contributed by atoms with Crippen LogP contribution >= 0.6 is 0 Å². The third-order valence-corrected chi connectivity index (χ3v) is 4.56. The molecule has 1 saturated carbocycles. The molecule has 1 amide bonds. The number of carbonyl (C=O) groups is 1. The molecule has 4 nitrogen and oxygen atoms in total. The summed E-state index contributed by atoms with van der Waals surface area (Å²) < 4.78 is 5.43. The van der Waals surface area contributed by atoms with Crippen LogP contribution in [0.25, 0.3) is 0 Å². The lowest BCUT2D eigenvalue weighted by atomic mass is 9.90. The van der Waals surface area contributed by atoms with E-state index in [1.165, 1.54) is 25.7 Å². The first-order valence-corrected chi connectivity index (χ1v) is 8.08. The molecule has 1 aliphatic heterocycles. The largest absolute Gasteiger partial charge is 0.444 e. The van der Waals surface area contributed by atoms with E-state index in [0.717, 1.165) is 31.8 Å². The van der Waals surface area contributed by atoms with Crippen LogP contribution in [0, 0.1) is 11.8 Å². The third-order valence-electron chi connectivity index (χ3n) is 4.56. The van der Waals surface area contributed by atoms with Gasteiger partial charge < -0.3 is 15.4 Å². The molecular weight excluding hydrogens is 252 g/mol. The highest BCUT2D eigenvalue weighted by Crippen LogP contribution is 2.31. The molecule has 2 atom stereocenters. The van der Waals surface area contributed by atoms with Gasteiger partial charge in [0.25, 0.3) is 0 Å². The molecule has 2 rings (SSSR count). The number of nitrogens with zero attached hydrogens (tertiary/aromatic N) is 1. The standard InChI is InChI=1S/C16H30N2O2/c1-16(2,3)20-15(19)18-9-8-13(11-18)14(17)10-12-6-4-5-7-12/h12-14H,4-11,17H2,1-3H3. The molecule has 4 heteroatoms. The molecule has 2 aliphatic rings. The molecule has 0 aromatic carbocycles. The highest BCUT2D eigenvalue weighted by atomic mass is 16.6. The van der Waals surface area contributed by atoms with Gasteiger partial charge in [0, 0.05) is 19.1 Å². The van der Waals surface area contributed by atoms with E-state index in [0.29, 0.717) is 5.92 Å². The number of rotatable bonds is 3. The van der Waals surface area contributed by atoms with Gasteiger partial charge in [-0.25, -0.2) is 4.79 Å². The van der Waals surface area contributed by atoms with Gasteiger partial charge in [-0.05, 0) is 45.4 Å². The summed E-state index contributed by atoms with van der Waals surface area (Å²) in [6.07, 6.45) is 7.39. The molecule has 2 fully saturated rings. The zero-order chi connectivity index (χ0) is 14.8. The Balaban J connectivity index is 1.77. The maximum Gasteiger partial charge on any atom is 0.410 e. The maximum atomic E-state index is 12.0. The Kier molecular flexibility index (Phi) is 4.95. The van der Waals surface area contributed by atoms with Crippen LogP contribution in [0.3, 0.4) is 0 Å². The fourth-order valence-electron chi connectivity index (χ4n) is 3.45. The molecule has 0 aromatic rings. The van der Waals surface area contributed by atoms with Crippen molar-refractivity contribution in [3.05, 3.63) is 0 Å². The van der Waals surface area contributed by atoms with Crippen LogP contribution in [0.5, 0.6) is 0 Å². The van der Waals surface area contributed by atoms with E-state index in [4.69, 9.17) is 10.5 Å². The van der Waals surface area contributed by atoms with E-state index >= 15 is 0 Å². The van der Waals surface area contributed by atoms with Gasteiger partial charge in [0.15, 0.2) is 0 Å². The summed E-state index contributed by atoms with van der Waals surface area (Å²) in [6, 6.07) is 0.241. The summed E-state index contributed by atoms with van der Waals surface area (Å²) in [5.41, 5.74) is 5.95.